The molecule has 1 fully saturated rings. The fraction of sp³-hybridized carbons (Fsp3) is 0.611. The monoisotopic (exact) mass is 353 g/mol. The second-order valence-electron chi connectivity index (χ2n) is 6.90. The van der Waals surface area contributed by atoms with Crippen LogP contribution in [0.2, 0.25) is 5.02 Å². The number of morpholine rings is 1. The lowest BCUT2D eigenvalue weighted by molar-refractivity contribution is -0.117. The van der Waals surface area contributed by atoms with E-state index in [2.05, 4.69) is 24.1 Å². The second kappa shape index (κ2) is 9.37. The normalized spacial score (nSPS) is 19.0. The Bertz CT molecular complexity index is 522. The first-order valence-corrected chi connectivity index (χ1v) is 8.88. The summed E-state index contributed by atoms with van der Waals surface area (Å²) in [6.45, 7) is 9.35. The van der Waals surface area contributed by atoms with Gasteiger partial charge in [0.1, 0.15) is 0 Å². The maximum absolute atomic E-state index is 12.1. The number of rotatable bonds is 7. The molecule has 0 radical (unpaired) electrons. The molecule has 0 spiro atoms. The fourth-order valence-corrected chi connectivity index (χ4v) is 3.09. The second-order valence-corrected chi connectivity index (χ2v) is 7.33. The van der Waals surface area contributed by atoms with Gasteiger partial charge in [-0.25, -0.2) is 0 Å². The molecule has 5 nitrogen and oxygen atoms in total. The lowest BCUT2D eigenvalue weighted by Crippen LogP contribution is -2.48. The summed E-state index contributed by atoms with van der Waals surface area (Å²) in [4.78, 5) is 16.6. The Balaban J connectivity index is 1.74. The smallest absolute Gasteiger partial charge is 0.238 e. The molecule has 0 aromatic heterocycles. The SMILES string of the molecule is CC(C)CN1CCO[C@@H](CN(C)CC(=O)Nc2ccc(Cl)cc2)C1. The van der Waals surface area contributed by atoms with Crippen LogP contribution < -0.4 is 5.32 Å². The van der Waals surface area contributed by atoms with Gasteiger partial charge in [0.05, 0.1) is 19.3 Å². The van der Waals surface area contributed by atoms with Gasteiger partial charge in [-0.2, -0.15) is 0 Å². The third-order valence-electron chi connectivity index (χ3n) is 3.90. The van der Waals surface area contributed by atoms with E-state index >= 15 is 0 Å². The standard InChI is InChI=1S/C18H28ClN3O2/c1-14(2)10-22-8-9-24-17(12-22)11-21(3)13-18(23)20-16-6-4-15(19)5-7-16/h4-7,14,17H,8-13H2,1-3H3,(H,20,23)/t17-/m0/s1. The summed E-state index contributed by atoms with van der Waals surface area (Å²) in [5.41, 5.74) is 0.759. The number of nitrogens with zero attached hydrogens (tertiary/aromatic N) is 2. The molecule has 134 valence electrons. The van der Waals surface area contributed by atoms with Gasteiger partial charge in [-0.1, -0.05) is 25.4 Å². The van der Waals surface area contributed by atoms with E-state index in [1.807, 2.05) is 11.9 Å². The molecule has 0 aliphatic carbocycles. The number of nitrogens with one attached hydrogen (secondary N) is 1. The van der Waals surface area contributed by atoms with Gasteiger partial charge in [0, 0.05) is 36.9 Å². The first-order chi connectivity index (χ1) is 11.4. The summed E-state index contributed by atoms with van der Waals surface area (Å²) in [7, 11) is 1.95. The quantitative estimate of drug-likeness (QED) is 0.818. The maximum Gasteiger partial charge on any atom is 0.238 e. The van der Waals surface area contributed by atoms with Crippen LogP contribution in [0, 0.1) is 5.92 Å². The number of likely N-dealkylation sites (N-methyl/N-ethyl adjacent to an activating group) is 1. The zero-order chi connectivity index (χ0) is 17.5. The molecule has 1 saturated heterocycles. The van der Waals surface area contributed by atoms with Crippen molar-refractivity contribution < 1.29 is 9.53 Å². The summed E-state index contributed by atoms with van der Waals surface area (Å²) in [5.74, 6) is 0.626. The molecule has 1 aliphatic rings. The molecule has 6 heteroatoms. The maximum atomic E-state index is 12.1. The van der Waals surface area contributed by atoms with Gasteiger partial charge < -0.3 is 10.1 Å². The molecule has 0 saturated carbocycles. The van der Waals surface area contributed by atoms with E-state index in [0.29, 0.717) is 17.5 Å². The Morgan fingerprint density at radius 3 is 2.79 bits per heavy atom. The van der Waals surface area contributed by atoms with Crippen molar-refractivity contribution in [1.82, 2.24) is 9.80 Å². The first-order valence-electron chi connectivity index (χ1n) is 8.50. The molecule has 1 aliphatic heterocycles. The average molecular weight is 354 g/mol. The van der Waals surface area contributed by atoms with Crippen molar-refractivity contribution in [3.63, 3.8) is 0 Å². The largest absolute Gasteiger partial charge is 0.374 e. The van der Waals surface area contributed by atoms with Gasteiger partial charge in [0.25, 0.3) is 0 Å². The van der Waals surface area contributed by atoms with Gasteiger partial charge in [-0.15, -0.1) is 0 Å². The summed E-state index contributed by atoms with van der Waals surface area (Å²) in [5, 5.41) is 3.54. The van der Waals surface area contributed by atoms with Crippen LogP contribution in [0.15, 0.2) is 24.3 Å². The third-order valence-corrected chi connectivity index (χ3v) is 4.16. The van der Waals surface area contributed by atoms with Gasteiger partial charge >= 0.3 is 0 Å². The van der Waals surface area contributed by atoms with E-state index in [4.69, 9.17) is 16.3 Å². The number of amides is 1. The van der Waals surface area contributed by atoms with Crippen LogP contribution in [0.25, 0.3) is 0 Å². The number of ether oxygens (including phenoxy) is 1. The van der Waals surface area contributed by atoms with Crippen LogP contribution in [-0.2, 0) is 9.53 Å². The Kier molecular flexibility index (Phi) is 7.49. The molecule has 1 aromatic rings. The van der Waals surface area contributed by atoms with Crippen molar-refractivity contribution in [1.29, 1.82) is 0 Å². The van der Waals surface area contributed by atoms with Gasteiger partial charge in [-0.3, -0.25) is 14.6 Å². The molecule has 1 aromatic carbocycles. The third kappa shape index (κ3) is 6.77. The lowest BCUT2D eigenvalue weighted by atomic mass is 10.1. The predicted octanol–water partition coefficient (Wildman–Crippen LogP) is 2.57. The highest BCUT2D eigenvalue weighted by molar-refractivity contribution is 6.30. The highest BCUT2D eigenvalue weighted by Crippen LogP contribution is 2.13. The number of hydrogen-bond donors (Lipinski definition) is 1. The van der Waals surface area contributed by atoms with E-state index in [9.17, 15) is 4.79 Å². The van der Waals surface area contributed by atoms with Crippen molar-refractivity contribution in [3.8, 4) is 0 Å². The molecule has 0 bridgehead atoms. The molecule has 1 amide bonds. The highest BCUT2D eigenvalue weighted by atomic mass is 35.5. The van der Waals surface area contributed by atoms with E-state index in [1.54, 1.807) is 24.3 Å². The average Bonchev–Trinajstić information content (AvgIpc) is 2.49. The topological polar surface area (TPSA) is 44.8 Å². The van der Waals surface area contributed by atoms with E-state index in [-0.39, 0.29) is 12.0 Å². The van der Waals surface area contributed by atoms with Crippen molar-refractivity contribution >= 4 is 23.2 Å². The van der Waals surface area contributed by atoms with Crippen LogP contribution in [0.5, 0.6) is 0 Å². The molecule has 24 heavy (non-hydrogen) atoms. The molecule has 0 unspecified atom stereocenters. The van der Waals surface area contributed by atoms with Crippen molar-refractivity contribution in [2.45, 2.75) is 20.0 Å². The fourth-order valence-electron chi connectivity index (χ4n) is 2.96. The van der Waals surface area contributed by atoms with Crippen LogP contribution in [0.4, 0.5) is 5.69 Å². The van der Waals surface area contributed by atoms with Gasteiger partial charge in [-0.05, 0) is 37.2 Å². The van der Waals surface area contributed by atoms with Gasteiger partial charge in [0.15, 0.2) is 0 Å². The van der Waals surface area contributed by atoms with E-state index < -0.39 is 0 Å². The number of benzene rings is 1. The Morgan fingerprint density at radius 2 is 2.12 bits per heavy atom. The zero-order valence-electron chi connectivity index (χ0n) is 14.8. The van der Waals surface area contributed by atoms with Crippen LogP contribution in [0.3, 0.4) is 0 Å². The molecular weight excluding hydrogens is 326 g/mol. The minimum Gasteiger partial charge on any atom is -0.374 e. The van der Waals surface area contributed by atoms with Crippen LogP contribution in [0.1, 0.15) is 13.8 Å². The Morgan fingerprint density at radius 1 is 1.42 bits per heavy atom. The number of hydrogen-bond acceptors (Lipinski definition) is 4. The molecular formula is C18H28ClN3O2. The highest BCUT2D eigenvalue weighted by Gasteiger charge is 2.22. The zero-order valence-corrected chi connectivity index (χ0v) is 15.6. The summed E-state index contributed by atoms with van der Waals surface area (Å²) >= 11 is 5.85. The Labute approximate surface area is 149 Å². The van der Waals surface area contributed by atoms with Gasteiger partial charge in [0.2, 0.25) is 5.91 Å². The number of carbonyl (C=O) groups excluding carboxylic acids is 1. The minimum atomic E-state index is -0.0327. The first kappa shape index (κ1) is 19.2. The molecule has 1 heterocycles. The lowest BCUT2D eigenvalue weighted by Gasteiger charge is -2.35. The molecule has 1 atom stereocenters. The summed E-state index contributed by atoms with van der Waals surface area (Å²) in [6.07, 6.45) is 0.158. The van der Waals surface area contributed by atoms with E-state index in [1.165, 1.54) is 0 Å². The minimum absolute atomic E-state index is 0.0327. The predicted molar refractivity (Wildman–Crippen MR) is 98.6 cm³/mol. The van der Waals surface area contributed by atoms with Crippen LogP contribution in [-0.4, -0.2) is 68.2 Å². The van der Waals surface area contributed by atoms with Crippen molar-refractivity contribution in [2.24, 2.45) is 5.92 Å². The van der Waals surface area contributed by atoms with Crippen molar-refractivity contribution in [3.05, 3.63) is 29.3 Å². The molecule has 2 rings (SSSR count). The number of carbonyl (C=O) groups is 1. The van der Waals surface area contributed by atoms with Crippen LogP contribution >= 0.6 is 11.6 Å². The number of anilines is 1. The van der Waals surface area contributed by atoms with E-state index in [0.717, 1.165) is 38.5 Å². The Hall–Kier alpha value is -1.14. The summed E-state index contributed by atoms with van der Waals surface area (Å²) < 4.78 is 5.84. The number of halogens is 1. The molecule has 1 N–H and O–H groups in total. The van der Waals surface area contributed by atoms with Crippen molar-refractivity contribution in [2.75, 3.05) is 51.7 Å². The summed E-state index contributed by atoms with van der Waals surface area (Å²) in [6, 6.07) is 7.13.